The van der Waals surface area contributed by atoms with Crippen LogP contribution in [0.2, 0.25) is 0 Å². The highest BCUT2D eigenvalue weighted by atomic mass is 19.4. The number of carbonyl (C=O) groups excluding carboxylic acids is 1. The van der Waals surface area contributed by atoms with E-state index in [9.17, 15) is 18.0 Å². The first kappa shape index (κ1) is 18.6. The third kappa shape index (κ3) is 3.53. The average molecular weight is 379 g/mol. The molecule has 0 aliphatic carbocycles. The molecule has 1 N–H and O–H groups in total. The molecule has 0 aliphatic heterocycles. The Morgan fingerprint density at radius 3 is 2.44 bits per heavy atom. The second kappa shape index (κ2) is 6.82. The van der Waals surface area contributed by atoms with Crippen LogP contribution in [0.15, 0.2) is 36.5 Å². The molecule has 3 aromatic rings. The SMILES string of the molecule is COc1ccc(NC(=O)c2c(C)nc3ccc(C(F)(F)F)cn23)cc1OC. The molecule has 1 aromatic carbocycles. The zero-order chi connectivity index (χ0) is 19.8. The number of imidazole rings is 1. The number of nitrogens with one attached hydrogen (secondary N) is 1. The number of alkyl halides is 3. The van der Waals surface area contributed by atoms with Gasteiger partial charge < -0.3 is 14.8 Å². The molecule has 0 saturated carbocycles. The van der Waals surface area contributed by atoms with E-state index in [4.69, 9.17) is 9.47 Å². The molecule has 0 bridgehead atoms. The van der Waals surface area contributed by atoms with Gasteiger partial charge in [-0.15, -0.1) is 0 Å². The zero-order valence-electron chi connectivity index (χ0n) is 14.7. The van der Waals surface area contributed by atoms with E-state index < -0.39 is 17.6 Å². The van der Waals surface area contributed by atoms with Gasteiger partial charge in [0.1, 0.15) is 11.3 Å². The van der Waals surface area contributed by atoms with Crippen LogP contribution in [0.25, 0.3) is 5.65 Å². The normalized spacial score (nSPS) is 11.5. The van der Waals surface area contributed by atoms with Crippen molar-refractivity contribution in [2.45, 2.75) is 13.1 Å². The van der Waals surface area contributed by atoms with E-state index in [1.807, 2.05) is 0 Å². The number of nitrogens with zero attached hydrogens (tertiary/aromatic N) is 2. The van der Waals surface area contributed by atoms with Gasteiger partial charge in [-0.2, -0.15) is 13.2 Å². The Morgan fingerprint density at radius 1 is 1.11 bits per heavy atom. The van der Waals surface area contributed by atoms with E-state index in [2.05, 4.69) is 10.3 Å². The van der Waals surface area contributed by atoms with Crippen molar-refractivity contribution in [2.75, 3.05) is 19.5 Å². The van der Waals surface area contributed by atoms with E-state index >= 15 is 0 Å². The lowest BCUT2D eigenvalue weighted by Crippen LogP contribution is -2.16. The highest BCUT2D eigenvalue weighted by Crippen LogP contribution is 2.31. The van der Waals surface area contributed by atoms with Crippen molar-refractivity contribution in [3.8, 4) is 11.5 Å². The maximum atomic E-state index is 13.0. The molecular formula is C18H16F3N3O3. The fourth-order valence-electron chi connectivity index (χ4n) is 2.71. The molecule has 0 unspecified atom stereocenters. The largest absolute Gasteiger partial charge is 0.493 e. The lowest BCUT2D eigenvalue weighted by molar-refractivity contribution is -0.137. The minimum Gasteiger partial charge on any atom is -0.493 e. The number of amides is 1. The molecule has 142 valence electrons. The number of aromatic nitrogens is 2. The van der Waals surface area contributed by atoms with Crippen molar-refractivity contribution in [2.24, 2.45) is 0 Å². The molecule has 3 rings (SSSR count). The van der Waals surface area contributed by atoms with Crippen LogP contribution in [0.4, 0.5) is 18.9 Å². The lowest BCUT2D eigenvalue weighted by Gasteiger charge is -2.11. The van der Waals surface area contributed by atoms with Gasteiger partial charge in [0.25, 0.3) is 5.91 Å². The van der Waals surface area contributed by atoms with Crippen molar-refractivity contribution >= 4 is 17.2 Å². The van der Waals surface area contributed by atoms with Crippen LogP contribution in [-0.2, 0) is 6.18 Å². The van der Waals surface area contributed by atoms with Crippen LogP contribution >= 0.6 is 0 Å². The quantitative estimate of drug-likeness (QED) is 0.746. The number of carbonyl (C=O) groups is 1. The Bertz CT molecular complexity index is 1010. The van der Waals surface area contributed by atoms with E-state index in [1.54, 1.807) is 25.1 Å². The maximum absolute atomic E-state index is 13.0. The van der Waals surface area contributed by atoms with Crippen molar-refractivity contribution in [1.82, 2.24) is 9.38 Å². The van der Waals surface area contributed by atoms with Gasteiger partial charge in [0.05, 0.1) is 25.5 Å². The van der Waals surface area contributed by atoms with Gasteiger partial charge in [0, 0.05) is 18.0 Å². The number of pyridine rings is 1. The molecule has 2 heterocycles. The molecule has 0 aliphatic rings. The minimum absolute atomic E-state index is 0.0193. The third-order valence-electron chi connectivity index (χ3n) is 3.98. The van der Waals surface area contributed by atoms with Gasteiger partial charge >= 0.3 is 6.18 Å². The lowest BCUT2D eigenvalue weighted by atomic mass is 10.2. The minimum atomic E-state index is -4.52. The molecule has 27 heavy (non-hydrogen) atoms. The second-order valence-corrected chi connectivity index (χ2v) is 5.71. The molecule has 0 spiro atoms. The van der Waals surface area contributed by atoms with Gasteiger partial charge in [0.15, 0.2) is 11.5 Å². The number of methoxy groups -OCH3 is 2. The number of hydrogen-bond acceptors (Lipinski definition) is 4. The molecule has 0 saturated heterocycles. The number of rotatable bonds is 4. The molecular weight excluding hydrogens is 363 g/mol. The monoisotopic (exact) mass is 379 g/mol. The van der Waals surface area contributed by atoms with Gasteiger partial charge in [-0.05, 0) is 31.2 Å². The summed E-state index contributed by atoms with van der Waals surface area (Å²) >= 11 is 0. The van der Waals surface area contributed by atoms with Crippen LogP contribution < -0.4 is 14.8 Å². The number of aryl methyl sites for hydroxylation is 1. The Morgan fingerprint density at radius 2 is 1.81 bits per heavy atom. The zero-order valence-corrected chi connectivity index (χ0v) is 14.7. The van der Waals surface area contributed by atoms with Gasteiger partial charge in [-0.1, -0.05) is 0 Å². The van der Waals surface area contributed by atoms with Crippen molar-refractivity contribution in [3.05, 3.63) is 53.5 Å². The number of benzene rings is 1. The second-order valence-electron chi connectivity index (χ2n) is 5.71. The molecule has 6 nitrogen and oxygen atoms in total. The number of fused-ring (bicyclic) bond motifs is 1. The first-order chi connectivity index (χ1) is 12.7. The molecule has 0 radical (unpaired) electrons. The first-order valence-corrected chi connectivity index (χ1v) is 7.84. The molecule has 0 fully saturated rings. The number of ether oxygens (including phenoxy) is 2. The Hall–Kier alpha value is -3.23. The summed E-state index contributed by atoms with van der Waals surface area (Å²) in [6.07, 6.45) is -3.66. The predicted octanol–water partition coefficient (Wildman–Crippen LogP) is 3.93. The van der Waals surface area contributed by atoms with Crippen molar-refractivity contribution in [1.29, 1.82) is 0 Å². The predicted molar refractivity (Wildman–Crippen MR) is 92.4 cm³/mol. The fraction of sp³-hybridized carbons (Fsp3) is 0.222. The Kier molecular flexibility index (Phi) is 4.69. The van der Waals surface area contributed by atoms with E-state index in [0.717, 1.165) is 16.7 Å². The van der Waals surface area contributed by atoms with Crippen LogP contribution in [0.5, 0.6) is 11.5 Å². The van der Waals surface area contributed by atoms with Gasteiger partial charge in [0.2, 0.25) is 0 Å². The van der Waals surface area contributed by atoms with Crippen LogP contribution in [0.1, 0.15) is 21.7 Å². The molecule has 9 heteroatoms. The number of halogens is 3. The first-order valence-electron chi connectivity index (χ1n) is 7.84. The van der Waals surface area contributed by atoms with E-state index in [-0.39, 0.29) is 11.3 Å². The smallest absolute Gasteiger partial charge is 0.417 e. The molecule has 1 amide bonds. The van der Waals surface area contributed by atoms with Crippen molar-refractivity contribution in [3.63, 3.8) is 0 Å². The highest BCUT2D eigenvalue weighted by Gasteiger charge is 2.31. The fourth-order valence-corrected chi connectivity index (χ4v) is 2.71. The summed E-state index contributed by atoms with van der Waals surface area (Å²) in [6, 6.07) is 6.91. The van der Waals surface area contributed by atoms with E-state index in [0.29, 0.717) is 22.9 Å². The van der Waals surface area contributed by atoms with Gasteiger partial charge in [-0.3, -0.25) is 9.20 Å². The van der Waals surface area contributed by atoms with Crippen LogP contribution in [0, 0.1) is 6.92 Å². The topological polar surface area (TPSA) is 64.9 Å². The molecule has 2 aromatic heterocycles. The van der Waals surface area contributed by atoms with E-state index in [1.165, 1.54) is 20.3 Å². The van der Waals surface area contributed by atoms with Gasteiger partial charge in [-0.25, -0.2) is 4.98 Å². The number of anilines is 1. The molecule has 0 atom stereocenters. The third-order valence-corrected chi connectivity index (χ3v) is 3.98. The standard InChI is InChI=1S/C18H16F3N3O3/c1-10-16(24-9-11(18(19,20)21)4-7-15(24)22-10)17(25)23-12-5-6-13(26-2)14(8-12)27-3/h4-9H,1-3H3,(H,23,25). The highest BCUT2D eigenvalue weighted by molar-refractivity contribution is 6.04. The van der Waals surface area contributed by atoms with Crippen LogP contribution in [0.3, 0.4) is 0 Å². The summed E-state index contributed by atoms with van der Waals surface area (Å²) in [5.74, 6) is 0.298. The maximum Gasteiger partial charge on any atom is 0.417 e. The summed E-state index contributed by atoms with van der Waals surface area (Å²) in [4.78, 5) is 16.8. The summed E-state index contributed by atoms with van der Waals surface area (Å²) < 4.78 is 50.4. The Labute approximate surface area is 152 Å². The average Bonchev–Trinajstić information content (AvgIpc) is 2.95. The number of hydrogen-bond donors (Lipinski definition) is 1. The van der Waals surface area contributed by atoms with Crippen LogP contribution in [-0.4, -0.2) is 29.5 Å². The summed E-state index contributed by atoms with van der Waals surface area (Å²) in [7, 11) is 2.94. The van der Waals surface area contributed by atoms with Crippen molar-refractivity contribution < 1.29 is 27.4 Å². The summed E-state index contributed by atoms with van der Waals surface area (Å²) in [6.45, 7) is 1.56. The Balaban J connectivity index is 1.99. The summed E-state index contributed by atoms with van der Waals surface area (Å²) in [5.41, 5.74) is 0.114. The summed E-state index contributed by atoms with van der Waals surface area (Å²) in [5, 5.41) is 2.64.